The van der Waals surface area contributed by atoms with E-state index in [1.807, 2.05) is 54.6 Å². The van der Waals surface area contributed by atoms with Crippen LogP contribution in [0.4, 0.5) is 0 Å². The molecule has 0 bridgehead atoms. The van der Waals surface area contributed by atoms with Gasteiger partial charge in [0.15, 0.2) is 5.78 Å². The number of benzene rings is 5. The third-order valence-corrected chi connectivity index (χ3v) is 5.26. The van der Waals surface area contributed by atoms with Gasteiger partial charge in [-0.3, -0.25) is 4.79 Å². The summed E-state index contributed by atoms with van der Waals surface area (Å²) in [4.78, 5) is 12.7. The minimum absolute atomic E-state index is 0.0514. The summed E-state index contributed by atoms with van der Waals surface area (Å²) in [5, 5.41) is 4.96. The van der Waals surface area contributed by atoms with E-state index in [9.17, 15) is 4.79 Å². The summed E-state index contributed by atoms with van der Waals surface area (Å²) >= 11 is 0. The van der Waals surface area contributed by atoms with Gasteiger partial charge >= 0.3 is 0 Å². The van der Waals surface area contributed by atoms with Gasteiger partial charge in [-0.2, -0.15) is 0 Å². The Bertz CT molecular complexity index is 1300. The summed E-state index contributed by atoms with van der Waals surface area (Å²) in [5.74, 6) is 0.0514. The molecule has 5 aromatic rings. The lowest BCUT2D eigenvalue weighted by molar-refractivity contribution is 0.103. The van der Waals surface area contributed by atoms with E-state index >= 15 is 0 Å². The van der Waals surface area contributed by atoms with Crippen LogP contribution in [-0.2, 0) is 0 Å². The second kappa shape index (κ2) is 6.79. The summed E-state index contributed by atoms with van der Waals surface area (Å²) < 4.78 is 0. The fourth-order valence-electron chi connectivity index (χ4n) is 3.85. The molecule has 0 aliphatic rings. The van der Waals surface area contributed by atoms with Gasteiger partial charge in [-0.05, 0) is 38.7 Å². The zero-order valence-corrected chi connectivity index (χ0v) is 15.3. The summed E-state index contributed by atoms with van der Waals surface area (Å²) in [7, 11) is 0. The third-order valence-electron chi connectivity index (χ3n) is 5.26. The van der Waals surface area contributed by atoms with Crippen LogP contribution in [0.25, 0.3) is 32.7 Å². The molecule has 0 spiro atoms. The minimum Gasteiger partial charge on any atom is -0.289 e. The molecule has 1 heteroatoms. The average molecular weight is 358 g/mol. The number of hydrogen-bond acceptors (Lipinski definition) is 1. The fraction of sp³-hybridized carbons (Fsp3) is 0. The molecular formula is C27H18O. The first kappa shape index (κ1) is 16.5. The Morgan fingerprint density at radius 2 is 1.07 bits per heavy atom. The molecule has 5 rings (SSSR count). The van der Waals surface area contributed by atoms with Crippen molar-refractivity contribution in [3.05, 3.63) is 120 Å². The van der Waals surface area contributed by atoms with Crippen molar-refractivity contribution in [2.24, 2.45) is 0 Å². The van der Waals surface area contributed by atoms with Gasteiger partial charge in [0.05, 0.1) is 0 Å². The Morgan fingerprint density at radius 1 is 0.500 bits per heavy atom. The molecular weight excluding hydrogens is 340 g/mol. The van der Waals surface area contributed by atoms with Crippen LogP contribution in [0.15, 0.2) is 109 Å². The van der Waals surface area contributed by atoms with E-state index in [-0.39, 0.29) is 5.78 Å². The van der Waals surface area contributed by atoms with Crippen LogP contribution in [-0.4, -0.2) is 5.78 Å². The molecule has 0 aliphatic carbocycles. The molecule has 0 saturated carbocycles. The molecule has 0 atom stereocenters. The first-order valence-electron chi connectivity index (χ1n) is 9.42. The van der Waals surface area contributed by atoms with Gasteiger partial charge < -0.3 is 0 Å². The van der Waals surface area contributed by atoms with Crippen LogP contribution in [0, 0.1) is 0 Å². The Labute approximate surface area is 163 Å². The quantitative estimate of drug-likeness (QED) is 0.253. The zero-order chi connectivity index (χ0) is 18.9. The van der Waals surface area contributed by atoms with Crippen LogP contribution < -0.4 is 0 Å². The number of fused-ring (bicyclic) bond motifs is 3. The Kier molecular flexibility index (Phi) is 3.99. The van der Waals surface area contributed by atoms with Crippen LogP contribution in [0.2, 0.25) is 0 Å². The number of carbonyl (C=O) groups is 1. The summed E-state index contributed by atoms with van der Waals surface area (Å²) in [6, 6.07) is 36.6. The van der Waals surface area contributed by atoms with Crippen molar-refractivity contribution in [1.29, 1.82) is 0 Å². The molecule has 0 radical (unpaired) electrons. The van der Waals surface area contributed by atoms with E-state index in [1.54, 1.807) is 0 Å². The highest BCUT2D eigenvalue weighted by molar-refractivity contribution is 6.14. The van der Waals surface area contributed by atoms with E-state index in [1.165, 1.54) is 27.1 Å². The number of carbonyl (C=O) groups excluding carboxylic acids is 1. The van der Waals surface area contributed by atoms with Gasteiger partial charge in [-0.25, -0.2) is 0 Å². The fourth-order valence-corrected chi connectivity index (χ4v) is 3.85. The Hall–Kier alpha value is -3.71. The molecule has 0 N–H and O–H groups in total. The van der Waals surface area contributed by atoms with Gasteiger partial charge in [0.25, 0.3) is 0 Å². The third kappa shape index (κ3) is 2.78. The van der Waals surface area contributed by atoms with Crippen molar-refractivity contribution in [2.45, 2.75) is 0 Å². The first-order chi connectivity index (χ1) is 13.8. The topological polar surface area (TPSA) is 17.1 Å². The van der Waals surface area contributed by atoms with Crippen molar-refractivity contribution >= 4 is 27.3 Å². The second-order valence-corrected chi connectivity index (χ2v) is 6.96. The van der Waals surface area contributed by atoms with E-state index in [2.05, 4.69) is 54.6 Å². The smallest absolute Gasteiger partial charge is 0.193 e. The maximum absolute atomic E-state index is 12.7. The molecule has 5 aromatic carbocycles. The van der Waals surface area contributed by atoms with E-state index < -0.39 is 0 Å². The molecule has 0 fully saturated rings. The zero-order valence-electron chi connectivity index (χ0n) is 15.3. The molecule has 28 heavy (non-hydrogen) atoms. The van der Waals surface area contributed by atoms with Gasteiger partial charge in [0, 0.05) is 11.1 Å². The number of rotatable bonds is 3. The molecule has 0 aliphatic heterocycles. The SMILES string of the molecule is O=C(c1ccccc1)c1ccc(-c2cc3ccccc3c3ccccc23)cc1. The highest BCUT2D eigenvalue weighted by atomic mass is 16.1. The Morgan fingerprint density at radius 3 is 1.82 bits per heavy atom. The standard InChI is InChI=1S/C27H18O/c28-27(20-8-2-1-3-9-20)21-16-14-19(15-17-21)26-18-22-10-4-5-11-23(22)24-12-6-7-13-25(24)26/h1-18H. The maximum Gasteiger partial charge on any atom is 0.193 e. The number of ketones is 1. The predicted octanol–water partition coefficient (Wildman–Crippen LogP) is 6.89. The number of hydrogen-bond donors (Lipinski definition) is 0. The van der Waals surface area contributed by atoms with Crippen molar-refractivity contribution in [2.75, 3.05) is 0 Å². The lowest BCUT2D eigenvalue weighted by Crippen LogP contribution is -2.00. The predicted molar refractivity (Wildman–Crippen MR) is 117 cm³/mol. The molecule has 0 aromatic heterocycles. The van der Waals surface area contributed by atoms with Crippen LogP contribution in [0.3, 0.4) is 0 Å². The van der Waals surface area contributed by atoms with E-state index in [0.29, 0.717) is 11.1 Å². The lowest BCUT2D eigenvalue weighted by atomic mass is 9.92. The van der Waals surface area contributed by atoms with Gasteiger partial charge in [-0.1, -0.05) is 103 Å². The normalized spacial score (nSPS) is 11.0. The van der Waals surface area contributed by atoms with Crippen molar-refractivity contribution in [3.63, 3.8) is 0 Å². The van der Waals surface area contributed by atoms with Crippen molar-refractivity contribution < 1.29 is 4.79 Å². The molecule has 0 saturated heterocycles. The molecule has 0 unspecified atom stereocenters. The summed E-state index contributed by atoms with van der Waals surface area (Å²) in [5.41, 5.74) is 3.73. The Balaban J connectivity index is 1.63. The monoisotopic (exact) mass is 358 g/mol. The largest absolute Gasteiger partial charge is 0.289 e. The van der Waals surface area contributed by atoms with Crippen molar-refractivity contribution in [3.8, 4) is 11.1 Å². The van der Waals surface area contributed by atoms with E-state index in [4.69, 9.17) is 0 Å². The maximum atomic E-state index is 12.7. The summed E-state index contributed by atoms with van der Waals surface area (Å²) in [6.45, 7) is 0. The highest BCUT2D eigenvalue weighted by Gasteiger charge is 2.11. The molecule has 0 amide bonds. The van der Waals surface area contributed by atoms with Crippen LogP contribution in [0.5, 0.6) is 0 Å². The van der Waals surface area contributed by atoms with Gasteiger partial charge in [-0.15, -0.1) is 0 Å². The summed E-state index contributed by atoms with van der Waals surface area (Å²) in [6.07, 6.45) is 0. The first-order valence-corrected chi connectivity index (χ1v) is 9.42. The molecule has 0 heterocycles. The van der Waals surface area contributed by atoms with Crippen LogP contribution in [0.1, 0.15) is 15.9 Å². The average Bonchev–Trinajstić information content (AvgIpc) is 2.79. The lowest BCUT2D eigenvalue weighted by Gasteiger charge is -2.11. The van der Waals surface area contributed by atoms with Gasteiger partial charge in [0.2, 0.25) is 0 Å². The molecule has 1 nitrogen and oxygen atoms in total. The highest BCUT2D eigenvalue weighted by Crippen LogP contribution is 2.34. The van der Waals surface area contributed by atoms with Gasteiger partial charge in [0.1, 0.15) is 0 Å². The van der Waals surface area contributed by atoms with E-state index in [0.717, 1.165) is 5.56 Å². The molecule has 132 valence electrons. The second-order valence-electron chi connectivity index (χ2n) is 6.96. The minimum atomic E-state index is 0.0514. The van der Waals surface area contributed by atoms with Crippen LogP contribution >= 0.6 is 0 Å². The van der Waals surface area contributed by atoms with Crippen molar-refractivity contribution in [1.82, 2.24) is 0 Å².